The first kappa shape index (κ1) is 16.0. The lowest BCUT2D eigenvalue weighted by Crippen LogP contribution is -2.07. The highest BCUT2D eigenvalue weighted by Gasteiger charge is 2.14. The van der Waals surface area contributed by atoms with Gasteiger partial charge in [0.05, 0.1) is 29.4 Å². The van der Waals surface area contributed by atoms with Crippen molar-refractivity contribution in [2.24, 2.45) is 0 Å². The van der Waals surface area contributed by atoms with E-state index in [1.54, 1.807) is 7.11 Å². The minimum absolute atomic E-state index is 0.351. The third-order valence-electron chi connectivity index (χ3n) is 3.23. The maximum Gasteiger partial charge on any atom is 0.131 e. The second-order valence-corrected chi connectivity index (χ2v) is 5.20. The SMILES string of the molecule is CCn1nc(C)c(Cl)c1COc1ccc(OC)cc1CCl. The number of ether oxygens (including phenoxy) is 2. The second-order valence-electron chi connectivity index (χ2n) is 4.56. The minimum atomic E-state index is 0.351. The molecule has 6 heteroatoms. The molecule has 0 atom stereocenters. The number of nitrogens with zero attached hydrogens (tertiary/aromatic N) is 2. The molecule has 0 bridgehead atoms. The van der Waals surface area contributed by atoms with E-state index in [9.17, 15) is 0 Å². The number of aromatic nitrogens is 2. The van der Waals surface area contributed by atoms with E-state index in [0.29, 0.717) is 17.5 Å². The number of halogens is 2. The molecule has 4 nitrogen and oxygen atoms in total. The first-order valence-electron chi connectivity index (χ1n) is 6.68. The van der Waals surface area contributed by atoms with Crippen molar-refractivity contribution in [2.45, 2.75) is 32.9 Å². The molecule has 1 aromatic carbocycles. The van der Waals surface area contributed by atoms with E-state index in [1.807, 2.05) is 36.7 Å². The van der Waals surface area contributed by atoms with Gasteiger partial charge in [-0.3, -0.25) is 4.68 Å². The van der Waals surface area contributed by atoms with Crippen molar-refractivity contribution in [3.05, 3.63) is 40.2 Å². The molecule has 21 heavy (non-hydrogen) atoms. The molecule has 0 spiro atoms. The molecule has 114 valence electrons. The quantitative estimate of drug-likeness (QED) is 0.746. The minimum Gasteiger partial charge on any atom is -0.497 e. The number of hydrogen-bond donors (Lipinski definition) is 0. The van der Waals surface area contributed by atoms with Crippen molar-refractivity contribution in [3.63, 3.8) is 0 Å². The molecule has 1 heterocycles. The van der Waals surface area contributed by atoms with E-state index in [0.717, 1.165) is 35.0 Å². The van der Waals surface area contributed by atoms with Gasteiger partial charge in [0.2, 0.25) is 0 Å². The Labute approximate surface area is 134 Å². The van der Waals surface area contributed by atoms with Crippen LogP contribution < -0.4 is 9.47 Å². The Hall–Kier alpha value is -1.39. The fraction of sp³-hybridized carbons (Fsp3) is 0.400. The average Bonchev–Trinajstić information content (AvgIpc) is 2.79. The third-order valence-corrected chi connectivity index (χ3v) is 4.01. The van der Waals surface area contributed by atoms with Crippen LogP contribution in [0.3, 0.4) is 0 Å². The summed E-state index contributed by atoms with van der Waals surface area (Å²) in [5, 5.41) is 5.02. The lowest BCUT2D eigenvalue weighted by molar-refractivity contribution is 0.289. The van der Waals surface area contributed by atoms with Crippen molar-refractivity contribution in [3.8, 4) is 11.5 Å². The van der Waals surface area contributed by atoms with Crippen LogP contribution >= 0.6 is 23.2 Å². The van der Waals surface area contributed by atoms with Crippen LogP contribution in [0.1, 0.15) is 23.9 Å². The normalized spacial score (nSPS) is 10.7. The first-order chi connectivity index (χ1) is 10.1. The van der Waals surface area contributed by atoms with E-state index in [2.05, 4.69) is 5.10 Å². The van der Waals surface area contributed by atoms with Crippen LogP contribution in [-0.2, 0) is 19.0 Å². The molecule has 2 rings (SSSR count). The molecule has 0 saturated carbocycles. The summed E-state index contributed by atoms with van der Waals surface area (Å²) in [5.74, 6) is 1.83. The molecule has 0 aliphatic carbocycles. The number of alkyl halides is 1. The summed E-state index contributed by atoms with van der Waals surface area (Å²) in [4.78, 5) is 0. The predicted octanol–water partition coefficient (Wildman–Crippen LogP) is 4.19. The van der Waals surface area contributed by atoms with E-state index in [-0.39, 0.29) is 0 Å². The zero-order valence-electron chi connectivity index (χ0n) is 12.3. The van der Waals surface area contributed by atoms with Crippen molar-refractivity contribution in [1.29, 1.82) is 0 Å². The molecule has 0 aliphatic rings. The van der Waals surface area contributed by atoms with Crippen LogP contribution in [0.15, 0.2) is 18.2 Å². The third kappa shape index (κ3) is 3.44. The molecule has 0 aliphatic heterocycles. The number of methoxy groups -OCH3 is 1. The van der Waals surface area contributed by atoms with Crippen LogP contribution in [0.25, 0.3) is 0 Å². The van der Waals surface area contributed by atoms with Crippen LogP contribution in [0.4, 0.5) is 0 Å². The van der Waals surface area contributed by atoms with Crippen molar-refractivity contribution in [1.82, 2.24) is 9.78 Å². The number of rotatable bonds is 6. The summed E-state index contributed by atoms with van der Waals surface area (Å²) in [6, 6.07) is 5.56. The Kier molecular flexibility index (Phi) is 5.37. The molecule has 1 aromatic heterocycles. The maximum absolute atomic E-state index is 6.27. The summed E-state index contributed by atoms with van der Waals surface area (Å²) < 4.78 is 12.9. The molecule has 0 saturated heterocycles. The van der Waals surface area contributed by atoms with Crippen molar-refractivity contribution in [2.75, 3.05) is 7.11 Å². The van der Waals surface area contributed by atoms with Gasteiger partial charge in [-0.15, -0.1) is 11.6 Å². The standard InChI is InChI=1S/C15H18Cl2N2O2/c1-4-19-13(15(17)10(2)18-19)9-21-14-6-5-12(20-3)7-11(14)8-16/h5-7H,4,8-9H2,1-3H3. The van der Waals surface area contributed by atoms with E-state index in [1.165, 1.54) is 0 Å². The van der Waals surface area contributed by atoms with Gasteiger partial charge in [-0.25, -0.2) is 0 Å². The van der Waals surface area contributed by atoms with Gasteiger partial charge in [0, 0.05) is 12.1 Å². The van der Waals surface area contributed by atoms with E-state index >= 15 is 0 Å². The topological polar surface area (TPSA) is 36.3 Å². The summed E-state index contributed by atoms with van der Waals surface area (Å²) in [6.45, 7) is 5.00. The van der Waals surface area contributed by atoms with Gasteiger partial charge >= 0.3 is 0 Å². The molecule has 0 unspecified atom stereocenters. The summed E-state index contributed by atoms with van der Waals surface area (Å²) >= 11 is 12.2. The highest BCUT2D eigenvalue weighted by atomic mass is 35.5. The number of aryl methyl sites for hydroxylation is 2. The molecule has 0 N–H and O–H groups in total. The van der Waals surface area contributed by atoms with Gasteiger partial charge in [0.25, 0.3) is 0 Å². The summed E-state index contributed by atoms with van der Waals surface area (Å²) in [6.07, 6.45) is 0. The molecular weight excluding hydrogens is 311 g/mol. The smallest absolute Gasteiger partial charge is 0.131 e. The Balaban J connectivity index is 2.20. The number of hydrogen-bond acceptors (Lipinski definition) is 3. The second kappa shape index (κ2) is 7.05. The van der Waals surface area contributed by atoms with Crippen LogP contribution in [0, 0.1) is 6.92 Å². The molecule has 0 radical (unpaired) electrons. The lowest BCUT2D eigenvalue weighted by Gasteiger charge is -2.12. The predicted molar refractivity (Wildman–Crippen MR) is 84.5 cm³/mol. The van der Waals surface area contributed by atoms with Gasteiger partial charge in [0.15, 0.2) is 0 Å². The largest absolute Gasteiger partial charge is 0.497 e. The Morgan fingerprint density at radius 3 is 2.71 bits per heavy atom. The molecular formula is C15H18Cl2N2O2. The molecule has 0 amide bonds. The first-order valence-corrected chi connectivity index (χ1v) is 7.59. The van der Waals surface area contributed by atoms with Crippen molar-refractivity contribution >= 4 is 23.2 Å². The number of benzene rings is 1. The monoisotopic (exact) mass is 328 g/mol. The average molecular weight is 329 g/mol. The molecule has 2 aromatic rings. The fourth-order valence-corrected chi connectivity index (χ4v) is 2.48. The van der Waals surface area contributed by atoms with Gasteiger partial charge < -0.3 is 9.47 Å². The zero-order valence-corrected chi connectivity index (χ0v) is 13.8. The Bertz CT molecular complexity index is 626. The van der Waals surface area contributed by atoms with Gasteiger partial charge in [-0.1, -0.05) is 11.6 Å². The fourth-order valence-electron chi connectivity index (χ4n) is 2.08. The Morgan fingerprint density at radius 1 is 1.33 bits per heavy atom. The van der Waals surface area contributed by atoms with Crippen LogP contribution in [0.2, 0.25) is 5.02 Å². The highest BCUT2D eigenvalue weighted by Crippen LogP contribution is 2.28. The lowest BCUT2D eigenvalue weighted by atomic mass is 10.2. The van der Waals surface area contributed by atoms with Crippen LogP contribution in [0.5, 0.6) is 11.5 Å². The van der Waals surface area contributed by atoms with E-state index in [4.69, 9.17) is 32.7 Å². The van der Waals surface area contributed by atoms with E-state index < -0.39 is 0 Å². The van der Waals surface area contributed by atoms with Gasteiger partial charge in [-0.05, 0) is 32.0 Å². The molecule has 0 fully saturated rings. The Morgan fingerprint density at radius 2 is 2.10 bits per heavy atom. The zero-order chi connectivity index (χ0) is 15.4. The van der Waals surface area contributed by atoms with Crippen molar-refractivity contribution < 1.29 is 9.47 Å². The van der Waals surface area contributed by atoms with Gasteiger partial charge in [-0.2, -0.15) is 5.10 Å². The maximum atomic E-state index is 6.27. The summed E-state index contributed by atoms with van der Waals surface area (Å²) in [7, 11) is 1.62. The van der Waals surface area contributed by atoms with Gasteiger partial charge in [0.1, 0.15) is 18.1 Å². The highest BCUT2D eigenvalue weighted by molar-refractivity contribution is 6.31. The van der Waals surface area contributed by atoms with Crippen LogP contribution in [-0.4, -0.2) is 16.9 Å². The summed E-state index contributed by atoms with van der Waals surface area (Å²) in [5.41, 5.74) is 2.56.